The van der Waals surface area contributed by atoms with Crippen LogP contribution in [-0.4, -0.2) is 30.1 Å². The van der Waals surface area contributed by atoms with Crippen molar-refractivity contribution in [1.29, 1.82) is 0 Å². The van der Waals surface area contributed by atoms with Crippen molar-refractivity contribution in [2.45, 2.75) is 27.2 Å². The van der Waals surface area contributed by atoms with Crippen LogP contribution in [0.15, 0.2) is 42.5 Å². The Bertz CT molecular complexity index is 919. The molecule has 166 valence electrons. The lowest BCUT2D eigenvalue weighted by molar-refractivity contribution is -0.123. The number of rotatable bonds is 8. The summed E-state index contributed by atoms with van der Waals surface area (Å²) in [5, 5.41) is 3.06. The van der Waals surface area contributed by atoms with E-state index in [1.54, 1.807) is 42.5 Å². The minimum atomic E-state index is -0.466. The first-order valence-corrected chi connectivity index (χ1v) is 10.5. The molecule has 31 heavy (non-hydrogen) atoms. The fourth-order valence-corrected chi connectivity index (χ4v) is 2.60. The molecule has 0 aliphatic heterocycles. The van der Waals surface area contributed by atoms with Gasteiger partial charge in [0.15, 0.2) is 11.7 Å². The Kier molecular flexibility index (Phi) is 9.55. The highest BCUT2D eigenvalue weighted by Crippen LogP contribution is 2.20. The van der Waals surface area contributed by atoms with Gasteiger partial charge in [-0.3, -0.25) is 25.8 Å². The van der Waals surface area contributed by atoms with Gasteiger partial charge in [-0.1, -0.05) is 25.4 Å². The predicted octanol–water partition coefficient (Wildman–Crippen LogP) is 3.79. The number of hydrogen-bond acceptors (Lipinski definition) is 5. The summed E-state index contributed by atoms with van der Waals surface area (Å²) in [5.41, 5.74) is 6.08. The lowest BCUT2D eigenvalue weighted by atomic mass is 10.1. The molecule has 2 rings (SSSR count). The van der Waals surface area contributed by atoms with Gasteiger partial charge in [0.2, 0.25) is 0 Å². The molecular formula is C22H26ClN3O4S. The summed E-state index contributed by atoms with van der Waals surface area (Å²) in [6, 6.07) is 11.8. The van der Waals surface area contributed by atoms with E-state index in [0.717, 1.165) is 12.0 Å². The number of benzene rings is 2. The summed E-state index contributed by atoms with van der Waals surface area (Å²) < 4.78 is 11.0. The second-order valence-corrected chi connectivity index (χ2v) is 8.03. The zero-order valence-corrected chi connectivity index (χ0v) is 19.2. The zero-order chi connectivity index (χ0) is 22.8. The average molecular weight is 464 g/mol. The van der Waals surface area contributed by atoms with Crippen LogP contribution in [0, 0.1) is 12.8 Å². The Morgan fingerprint density at radius 3 is 2.35 bits per heavy atom. The van der Waals surface area contributed by atoms with Crippen molar-refractivity contribution in [3.63, 3.8) is 0 Å². The molecule has 0 atom stereocenters. The van der Waals surface area contributed by atoms with Gasteiger partial charge in [0.25, 0.3) is 11.8 Å². The van der Waals surface area contributed by atoms with E-state index in [2.05, 4.69) is 30.0 Å². The summed E-state index contributed by atoms with van der Waals surface area (Å²) in [7, 11) is 0. The van der Waals surface area contributed by atoms with E-state index in [9.17, 15) is 9.59 Å². The summed E-state index contributed by atoms with van der Waals surface area (Å²) in [6.45, 7) is 6.49. The fraction of sp³-hybridized carbons (Fsp3) is 0.318. The fourth-order valence-electron chi connectivity index (χ4n) is 2.34. The summed E-state index contributed by atoms with van der Waals surface area (Å²) in [6.07, 6.45) is 0.957. The van der Waals surface area contributed by atoms with Gasteiger partial charge in [-0.15, -0.1) is 0 Å². The van der Waals surface area contributed by atoms with E-state index in [0.29, 0.717) is 34.6 Å². The number of hydrazine groups is 1. The molecule has 0 fully saturated rings. The van der Waals surface area contributed by atoms with Crippen LogP contribution in [0.5, 0.6) is 11.5 Å². The van der Waals surface area contributed by atoms with Gasteiger partial charge in [-0.25, -0.2) is 0 Å². The van der Waals surface area contributed by atoms with Gasteiger partial charge >= 0.3 is 0 Å². The van der Waals surface area contributed by atoms with E-state index in [-0.39, 0.29) is 11.7 Å². The maximum atomic E-state index is 12.3. The van der Waals surface area contributed by atoms with Crippen LogP contribution in [0.25, 0.3) is 0 Å². The largest absolute Gasteiger partial charge is 0.494 e. The molecule has 2 amide bonds. The van der Waals surface area contributed by atoms with Crippen molar-refractivity contribution in [3.05, 3.63) is 58.6 Å². The Morgan fingerprint density at radius 2 is 1.71 bits per heavy atom. The van der Waals surface area contributed by atoms with Crippen molar-refractivity contribution in [1.82, 2.24) is 16.2 Å². The molecule has 0 heterocycles. The van der Waals surface area contributed by atoms with Crippen LogP contribution < -0.4 is 25.6 Å². The van der Waals surface area contributed by atoms with Crippen molar-refractivity contribution in [3.8, 4) is 11.5 Å². The highest BCUT2D eigenvalue weighted by molar-refractivity contribution is 7.80. The SMILES string of the molecule is Cc1cc(OCC(=O)NNC(=S)NC(=O)c2ccc(OCCC(C)C)cc2)ccc1Cl. The van der Waals surface area contributed by atoms with Crippen molar-refractivity contribution in [2.24, 2.45) is 5.92 Å². The van der Waals surface area contributed by atoms with E-state index in [1.165, 1.54) is 0 Å². The van der Waals surface area contributed by atoms with Gasteiger partial charge in [0.1, 0.15) is 11.5 Å². The third kappa shape index (κ3) is 8.82. The first-order valence-electron chi connectivity index (χ1n) is 9.76. The number of carbonyl (C=O) groups is 2. The maximum absolute atomic E-state index is 12.3. The highest BCUT2D eigenvalue weighted by Gasteiger charge is 2.10. The standard InChI is InChI=1S/C22H26ClN3O4S/c1-14(2)10-11-29-17-6-4-16(5-7-17)21(28)24-22(31)26-25-20(27)13-30-18-8-9-19(23)15(3)12-18/h4-9,12,14H,10-11,13H2,1-3H3,(H,25,27)(H2,24,26,28,31). The van der Waals surface area contributed by atoms with Gasteiger partial charge in [0.05, 0.1) is 6.61 Å². The average Bonchev–Trinajstić information content (AvgIpc) is 2.73. The van der Waals surface area contributed by atoms with E-state index < -0.39 is 11.8 Å². The van der Waals surface area contributed by atoms with Gasteiger partial charge in [-0.05, 0) is 79.5 Å². The highest BCUT2D eigenvalue weighted by atomic mass is 35.5. The number of amides is 2. The summed E-state index contributed by atoms with van der Waals surface area (Å²) in [5.74, 6) is 0.901. The molecule has 0 spiro atoms. The molecule has 0 saturated carbocycles. The molecule has 7 nitrogen and oxygen atoms in total. The molecule has 0 unspecified atom stereocenters. The number of thiocarbonyl (C=S) groups is 1. The smallest absolute Gasteiger partial charge is 0.276 e. The number of aryl methyl sites for hydroxylation is 1. The molecule has 0 aliphatic rings. The Balaban J connectivity index is 1.71. The lowest BCUT2D eigenvalue weighted by Crippen LogP contribution is -2.49. The van der Waals surface area contributed by atoms with Crippen LogP contribution in [-0.2, 0) is 4.79 Å². The Hall–Kier alpha value is -2.84. The molecule has 0 radical (unpaired) electrons. The third-order valence-corrected chi connectivity index (χ3v) is 4.75. The van der Waals surface area contributed by atoms with Crippen molar-refractivity contribution < 1.29 is 19.1 Å². The zero-order valence-electron chi connectivity index (χ0n) is 17.7. The molecule has 0 aliphatic carbocycles. The lowest BCUT2D eigenvalue weighted by Gasteiger charge is -2.12. The number of halogens is 1. The molecule has 0 aromatic heterocycles. The summed E-state index contributed by atoms with van der Waals surface area (Å²) >= 11 is 11.0. The van der Waals surface area contributed by atoms with Gasteiger partial charge < -0.3 is 9.47 Å². The van der Waals surface area contributed by atoms with E-state index in [4.69, 9.17) is 33.3 Å². The van der Waals surface area contributed by atoms with Crippen molar-refractivity contribution in [2.75, 3.05) is 13.2 Å². The Labute approximate surface area is 192 Å². The van der Waals surface area contributed by atoms with E-state index in [1.807, 2.05) is 6.92 Å². The third-order valence-electron chi connectivity index (χ3n) is 4.12. The topological polar surface area (TPSA) is 88.7 Å². The predicted molar refractivity (Wildman–Crippen MR) is 124 cm³/mol. The molecule has 2 aromatic carbocycles. The van der Waals surface area contributed by atoms with Crippen molar-refractivity contribution >= 4 is 40.7 Å². The van der Waals surface area contributed by atoms with Gasteiger partial charge in [-0.2, -0.15) is 0 Å². The van der Waals surface area contributed by atoms with E-state index >= 15 is 0 Å². The maximum Gasteiger partial charge on any atom is 0.276 e. The second-order valence-electron chi connectivity index (χ2n) is 7.21. The van der Waals surface area contributed by atoms with Crippen LogP contribution >= 0.6 is 23.8 Å². The molecular weight excluding hydrogens is 438 g/mol. The quantitative estimate of drug-likeness (QED) is 0.408. The van der Waals surface area contributed by atoms with Crippen LogP contribution in [0.1, 0.15) is 36.2 Å². The molecule has 3 N–H and O–H groups in total. The monoisotopic (exact) mass is 463 g/mol. The number of nitrogens with one attached hydrogen (secondary N) is 3. The minimum absolute atomic E-state index is 0.0436. The number of carbonyl (C=O) groups excluding carboxylic acids is 2. The molecule has 2 aromatic rings. The first kappa shape index (κ1) is 24.4. The van der Waals surface area contributed by atoms with Gasteiger partial charge in [0, 0.05) is 10.6 Å². The molecule has 9 heteroatoms. The normalized spacial score (nSPS) is 10.4. The van der Waals surface area contributed by atoms with Crippen LogP contribution in [0.3, 0.4) is 0 Å². The van der Waals surface area contributed by atoms with Crippen LogP contribution in [0.2, 0.25) is 5.02 Å². The molecule has 0 bridgehead atoms. The first-order chi connectivity index (χ1) is 14.7. The summed E-state index contributed by atoms with van der Waals surface area (Å²) in [4.78, 5) is 24.1. The second kappa shape index (κ2) is 12.1. The minimum Gasteiger partial charge on any atom is -0.494 e. The number of ether oxygens (including phenoxy) is 2. The molecule has 0 saturated heterocycles. The van der Waals surface area contributed by atoms with Crippen LogP contribution in [0.4, 0.5) is 0 Å². The Morgan fingerprint density at radius 1 is 1.03 bits per heavy atom. The number of hydrogen-bond donors (Lipinski definition) is 3.